The van der Waals surface area contributed by atoms with Crippen molar-refractivity contribution in [2.45, 2.75) is 71.9 Å². The minimum Gasteiger partial charge on any atom is -0.480 e. The number of carbonyl (C=O) groups excluding carboxylic acids is 1. The monoisotopic (exact) mass is 421 g/mol. The first-order valence-corrected chi connectivity index (χ1v) is 9.99. The number of ketones is 1. The van der Waals surface area contributed by atoms with E-state index in [2.05, 4.69) is 45.2 Å². The van der Waals surface area contributed by atoms with E-state index in [9.17, 15) is 14.7 Å². The van der Waals surface area contributed by atoms with Crippen LogP contribution >= 0.6 is 12.4 Å². The number of carbonyl (C=O) groups is 2. The summed E-state index contributed by atoms with van der Waals surface area (Å²) in [6.45, 7) is 10.1. The molecule has 2 rings (SSSR count). The zero-order chi connectivity index (χ0) is 21.2. The van der Waals surface area contributed by atoms with Crippen molar-refractivity contribution in [1.29, 1.82) is 0 Å². The number of benzene rings is 1. The Labute approximate surface area is 181 Å². The van der Waals surface area contributed by atoms with Gasteiger partial charge in [0, 0.05) is 11.1 Å². The zero-order valence-corrected chi connectivity index (χ0v) is 19.1. The summed E-state index contributed by atoms with van der Waals surface area (Å²) >= 11 is 0. The molecule has 1 aromatic carbocycles. The van der Waals surface area contributed by atoms with Gasteiger partial charge in [-0.3, -0.25) is 14.9 Å². The average Bonchev–Trinajstić information content (AvgIpc) is 2.66. The van der Waals surface area contributed by atoms with E-state index in [0.717, 1.165) is 24.8 Å². The minimum absolute atomic E-state index is 0. The second kappa shape index (κ2) is 12.6. The Kier molecular flexibility index (Phi) is 11.8. The maximum Gasteiger partial charge on any atom is 0.320 e. The lowest BCUT2D eigenvalue weighted by Gasteiger charge is -2.35. The van der Waals surface area contributed by atoms with Crippen LogP contribution in [0.5, 0.6) is 0 Å². The molecule has 0 saturated heterocycles. The Balaban J connectivity index is 0.000000658. The first-order chi connectivity index (χ1) is 13.1. The van der Waals surface area contributed by atoms with Crippen molar-refractivity contribution >= 4 is 24.2 Å². The van der Waals surface area contributed by atoms with Crippen molar-refractivity contribution in [1.82, 2.24) is 5.32 Å². The lowest BCUT2D eigenvalue weighted by atomic mass is 9.85. The van der Waals surface area contributed by atoms with Crippen molar-refractivity contribution < 1.29 is 14.7 Å². The number of halogens is 1. The Hall–Kier alpha value is -1.91. The number of carboxylic acids is 1. The summed E-state index contributed by atoms with van der Waals surface area (Å²) in [4.78, 5) is 22.1. The molecule has 0 aromatic heterocycles. The van der Waals surface area contributed by atoms with Gasteiger partial charge in [0.15, 0.2) is 5.78 Å². The highest BCUT2D eigenvalue weighted by atomic mass is 35.5. The van der Waals surface area contributed by atoms with Gasteiger partial charge in [0.05, 0.1) is 0 Å². The van der Waals surface area contributed by atoms with E-state index in [4.69, 9.17) is 0 Å². The molecule has 2 N–H and O–H groups in total. The van der Waals surface area contributed by atoms with Gasteiger partial charge in [0.25, 0.3) is 0 Å². The molecular weight excluding hydrogens is 386 g/mol. The number of nitrogens with one attached hydrogen (secondary N) is 1. The molecule has 0 amide bonds. The zero-order valence-electron chi connectivity index (χ0n) is 18.3. The maximum atomic E-state index is 11.4. The molecule has 162 valence electrons. The van der Waals surface area contributed by atoms with Gasteiger partial charge in [-0.1, -0.05) is 82.3 Å². The fraction of sp³-hybridized carbons (Fsp3) is 0.500. The van der Waals surface area contributed by atoms with Crippen LogP contribution < -0.4 is 5.32 Å². The normalized spacial score (nSPS) is 18.8. The molecular formula is C24H36ClNO3. The summed E-state index contributed by atoms with van der Waals surface area (Å²) in [5.74, 6) is -0.629. The summed E-state index contributed by atoms with van der Waals surface area (Å²) in [6, 6.07) is 8.75. The van der Waals surface area contributed by atoms with Crippen LogP contribution in [0.1, 0.15) is 70.7 Å². The van der Waals surface area contributed by atoms with Gasteiger partial charge in [-0.15, -0.1) is 12.4 Å². The summed E-state index contributed by atoms with van der Waals surface area (Å²) in [6.07, 6.45) is 11.5. The van der Waals surface area contributed by atoms with E-state index in [1.165, 1.54) is 0 Å². The van der Waals surface area contributed by atoms with Gasteiger partial charge >= 0.3 is 5.97 Å². The number of Topliss-reactive ketones (excluding diaryl/α,β-unsaturated/α-hetero) is 1. The molecule has 0 radical (unpaired) electrons. The number of hydrogen-bond donors (Lipinski definition) is 2. The van der Waals surface area contributed by atoms with E-state index < -0.39 is 12.0 Å². The van der Waals surface area contributed by atoms with E-state index in [1.807, 2.05) is 42.5 Å². The third kappa shape index (κ3) is 10.4. The van der Waals surface area contributed by atoms with Crippen LogP contribution in [0.15, 0.2) is 54.6 Å². The average molecular weight is 422 g/mol. The fourth-order valence-corrected chi connectivity index (χ4v) is 2.99. The smallest absolute Gasteiger partial charge is 0.320 e. The SMILES string of the molecule is CC(=O)c1ccccc1.CC[C@@]1(NC(CCC(C)(C)C)C(=O)O)C=CC=CC1.Cl. The van der Waals surface area contributed by atoms with Crippen LogP contribution in [0, 0.1) is 5.41 Å². The summed E-state index contributed by atoms with van der Waals surface area (Å²) in [7, 11) is 0. The van der Waals surface area contributed by atoms with Crippen molar-refractivity contribution in [3.63, 3.8) is 0 Å². The largest absolute Gasteiger partial charge is 0.480 e. The number of aliphatic carboxylic acids is 1. The molecule has 1 aromatic rings. The quantitative estimate of drug-likeness (QED) is 0.543. The number of rotatable bonds is 7. The van der Waals surface area contributed by atoms with Gasteiger partial charge < -0.3 is 5.11 Å². The third-order valence-electron chi connectivity index (χ3n) is 4.90. The fourth-order valence-electron chi connectivity index (χ4n) is 2.99. The first-order valence-electron chi connectivity index (χ1n) is 9.99. The molecule has 4 nitrogen and oxygen atoms in total. The topological polar surface area (TPSA) is 66.4 Å². The minimum atomic E-state index is -0.750. The summed E-state index contributed by atoms with van der Waals surface area (Å²) < 4.78 is 0. The van der Waals surface area contributed by atoms with Crippen molar-refractivity contribution in [3.05, 3.63) is 60.2 Å². The lowest BCUT2D eigenvalue weighted by molar-refractivity contribution is -0.140. The Morgan fingerprint density at radius 1 is 1.17 bits per heavy atom. The van der Waals surface area contributed by atoms with Gasteiger partial charge in [0.1, 0.15) is 6.04 Å². The van der Waals surface area contributed by atoms with Crippen molar-refractivity contribution in [2.24, 2.45) is 5.41 Å². The second-order valence-corrected chi connectivity index (χ2v) is 8.56. The van der Waals surface area contributed by atoms with Crippen LogP contribution in [0.25, 0.3) is 0 Å². The van der Waals surface area contributed by atoms with Gasteiger partial charge in [-0.05, 0) is 38.0 Å². The molecule has 0 saturated carbocycles. The molecule has 5 heteroatoms. The maximum absolute atomic E-state index is 11.4. The molecule has 1 aliphatic rings. The van der Waals surface area contributed by atoms with Crippen LogP contribution in [-0.4, -0.2) is 28.4 Å². The van der Waals surface area contributed by atoms with Crippen LogP contribution in [-0.2, 0) is 4.79 Å². The number of hydrogen-bond acceptors (Lipinski definition) is 3. The molecule has 0 fully saturated rings. The summed E-state index contributed by atoms with van der Waals surface area (Å²) in [5.41, 5.74) is 0.740. The molecule has 2 atom stereocenters. The molecule has 0 spiro atoms. The number of carboxylic acid groups (broad SMARTS) is 1. The highest BCUT2D eigenvalue weighted by Gasteiger charge is 2.31. The highest BCUT2D eigenvalue weighted by molar-refractivity contribution is 5.93. The molecule has 1 unspecified atom stereocenters. The predicted octanol–water partition coefficient (Wildman–Crippen LogP) is 5.83. The van der Waals surface area contributed by atoms with E-state index in [-0.39, 0.29) is 29.1 Å². The van der Waals surface area contributed by atoms with Gasteiger partial charge in [-0.25, -0.2) is 0 Å². The standard InChI is InChI=1S/C16H27NO2.C8H8O.ClH/c1-5-16(10-7-6-8-11-16)17-13(14(18)19)9-12-15(2,3)4;1-7(9)8-5-3-2-4-6-8;/h6-8,10,13,17H,5,9,11-12H2,1-4H3,(H,18,19);2-6H,1H3;1H/t13?,16-;;/m1../s1. The van der Waals surface area contributed by atoms with Crippen LogP contribution in [0.3, 0.4) is 0 Å². The van der Waals surface area contributed by atoms with Crippen LogP contribution in [0.4, 0.5) is 0 Å². The second-order valence-electron chi connectivity index (χ2n) is 8.56. The Morgan fingerprint density at radius 2 is 1.79 bits per heavy atom. The first kappa shape index (κ1) is 27.1. The molecule has 0 aliphatic heterocycles. The Morgan fingerprint density at radius 3 is 2.17 bits per heavy atom. The van der Waals surface area contributed by atoms with Crippen molar-refractivity contribution in [2.75, 3.05) is 0 Å². The molecule has 29 heavy (non-hydrogen) atoms. The molecule has 1 aliphatic carbocycles. The van der Waals surface area contributed by atoms with Crippen molar-refractivity contribution in [3.8, 4) is 0 Å². The lowest BCUT2D eigenvalue weighted by Crippen LogP contribution is -2.52. The summed E-state index contributed by atoms with van der Waals surface area (Å²) in [5, 5.41) is 12.8. The van der Waals surface area contributed by atoms with E-state index in [0.29, 0.717) is 6.42 Å². The highest BCUT2D eigenvalue weighted by Crippen LogP contribution is 2.26. The van der Waals surface area contributed by atoms with Crippen LogP contribution in [0.2, 0.25) is 0 Å². The van der Waals surface area contributed by atoms with Gasteiger partial charge in [-0.2, -0.15) is 0 Å². The number of allylic oxidation sites excluding steroid dienone is 2. The molecule has 0 heterocycles. The van der Waals surface area contributed by atoms with E-state index in [1.54, 1.807) is 6.92 Å². The Bertz CT molecular complexity index is 692. The van der Waals surface area contributed by atoms with E-state index >= 15 is 0 Å². The molecule has 0 bridgehead atoms. The van der Waals surface area contributed by atoms with Gasteiger partial charge in [0.2, 0.25) is 0 Å². The predicted molar refractivity (Wildman–Crippen MR) is 123 cm³/mol. The third-order valence-corrected chi connectivity index (χ3v) is 4.90.